The van der Waals surface area contributed by atoms with Gasteiger partial charge in [-0.1, -0.05) is 48.5 Å². The Morgan fingerprint density at radius 2 is 1.65 bits per heavy atom. The second-order valence-electron chi connectivity index (χ2n) is 4.67. The Kier molecular flexibility index (Phi) is 7.95. The van der Waals surface area contributed by atoms with E-state index in [4.69, 9.17) is 0 Å². The molecule has 2 N–H and O–H groups in total. The summed E-state index contributed by atoms with van der Waals surface area (Å²) in [5.41, 5.74) is 5.36. The first-order valence-corrected chi connectivity index (χ1v) is 7.77. The minimum absolute atomic E-state index is 0.146. The smallest absolute Gasteiger partial charge is 0.269 e. The van der Waals surface area contributed by atoms with E-state index in [1.54, 1.807) is 24.3 Å². The van der Waals surface area contributed by atoms with E-state index in [1.807, 2.05) is 0 Å². The number of hydrogen-bond donors (Lipinski definition) is 2. The third-order valence-electron chi connectivity index (χ3n) is 2.93. The lowest BCUT2D eigenvalue weighted by atomic mass is 10.1. The number of carbonyl (C=O) groups is 2. The Morgan fingerprint density at radius 3 is 2.30 bits per heavy atom. The van der Waals surface area contributed by atoms with Gasteiger partial charge in [0.2, 0.25) is 5.91 Å². The van der Waals surface area contributed by atoms with Gasteiger partial charge in [-0.15, -0.1) is 0 Å². The average Bonchev–Trinajstić information content (AvgIpc) is 2.45. The summed E-state index contributed by atoms with van der Waals surface area (Å²) in [4.78, 5) is 23.3. The summed E-state index contributed by atoms with van der Waals surface area (Å²) in [5.74, 6) is -0.455. The largest absolute Gasteiger partial charge is 0.273 e. The van der Waals surface area contributed by atoms with E-state index in [1.165, 1.54) is 12.8 Å². The zero-order chi connectivity index (χ0) is 14.8. The number of rotatable bonds is 7. The van der Waals surface area contributed by atoms with Crippen LogP contribution in [0.2, 0.25) is 0 Å². The van der Waals surface area contributed by atoms with Crippen LogP contribution in [-0.4, -0.2) is 11.8 Å². The molecule has 4 nitrogen and oxygen atoms in total. The number of hydrogen-bond acceptors (Lipinski definition) is 2. The van der Waals surface area contributed by atoms with Crippen molar-refractivity contribution < 1.29 is 9.59 Å². The van der Waals surface area contributed by atoms with Crippen molar-refractivity contribution in [1.82, 2.24) is 10.9 Å². The van der Waals surface area contributed by atoms with Crippen molar-refractivity contribution in [2.75, 3.05) is 0 Å². The maximum atomic E-state index is 11.7. The van der Waals surface area contributed by atoms with E-state index in [0.29, 0.717) is 12.0 Å². The minimum Gasteiger partial charge on any atom is -0.273 e. The van der Waals surface area contributed by atoms with Crippen LogP contribution in [0.5, 0.6) is 0 Å². The Labute approximate surface area is 128 Å². The summed E-state index contributed by atoms with van der Waals surface area (Å²) >= 11 is 3.30. The predicted molar refractivity (Wildman–Crippen MR) is 83.1 cm³/mol. The molecule has 0 radical (unpaired) electrons. The first-order valence-electron chi connectivity index (χ1n) is 6.98. The van der Waals surface area contributed by atoms with E-state index in [0.717, 1.165) is 23.7 Å². The second-order valence-corrected chi connectivity index (χ2v) is 5.59. The maximum absolute atomic E-state index is 11.7. The highest BCUT2D eigenvalue weighted by molar-refractivity contribution is 9.10. The molecule has 1 aromatic carbocycles. The van der Waals surface area contributed by atoms with Crippen molar-refractivity contribution in [1.29, 1.82) is 0 Å². The molecule has 0 saturated carbocycles. The predicted octanol–water partition coefficient (Wildman–Crippen LogP) is 3.57. The number of carbonyl (C=O) groups excluding carboxylic acids is 2. The highest BCUT2D eigenvalue weighted by Crippen LogP contribution is 2.10. The van der Waals surface area contributed by atoms with Gasteiger partial charge in [-0.05, 0) is 30.7 Å². The van der Waals surface area contributed by atoms with Gasteiger partial charge in [0.1, 0.15) is 0 Å². The Hall–Kier alpha value is -1.36. The normalized spacial score (nSPS) is 10.1. The van der Waals surface area contributed by atoms with Gasteiger partial charge in [0.25, 0.3) is 5.91 Å². The lowest BCUT2D eigenvalue weighted by Gasteiger charge is -2.07. The Morgan fingerprint density at radius 1 is 1.00 bits per heavy atom. The molecule has 0 fully saturated rings. The number of benzene rings is 1. The van der Waals surface area contributed by atoms with E-state index >= 15 is 0 Å². The van der Waals surface area contributed by atoms with Gasteiger partial charge in [-0.3, -0.25) is 20.4 Å². The van der Waals surface area contributed by atoms with Gasteiger partial charge in [-0.25, -0.2) is 0 Å². The minimum atomic E-state index is -0.308. The molecule has 0 unspecified atom stereocenters. The van der Waals surface area contributed by atoms with E-state index < -0.39 is 0 Å². The Bertz CT molecular complexity index is 432. The molecule has 2 amide bonds. The van der Waals surface area contributed by atoms with Gasteiger partial charge in [0.15, 0.2) is 0 Å². The van der Waals surface area contributed by atoms with E-state index in [-0.39, 0.29) is 11.8 Å². The summed E-state index contributed by atoms with van der Waals surface area (Å²) in [7, 11) is 0. The molecule has 1 rings (SSSR count). The van der Waals surface area contributed by atoms with Crippen LogP contribution >= 0.6 is 15.9 Å². The van der Waals surface area contributed by atoms with Crippen LogP contribution in [0.1, 0.15) is 55.8 Å². The number of amides is 2. The molecule has 0 aliphatic carbocycles. The van der Waals surface area contributed by atoms with Gasteiger partial charge < -0.3 is 0 Å². The topological polar surface area (TPSA) is 58.2 Å². The van der Waals surface area contributed by atoms with Crippen LogP contribution in [-0.2, 0) is 4.79 Å². The van der Waals surface area contributed by atoms with Crippen LogP contribution in [0, 0.1) is 0 Å². The van der Waals surface area contributed by atoms with Gasteiger partial charge >= 0.3 is 0 Å². The quantitative estimate of drug-likeness (QED) is 0.588. The maximum Gasteiger partial charge on any atom is 0.269 e. The highest BCUT2D eigenvalue weighted by atomic mass is 79.9. The van der Waals surface area contributed by atoms with Crippen molar-refractivity contribution in [3.05, 3.63) is 34.3 Å². The van der Waals surface area contributed by atoms with Crippen molar-refractivity contribution in [2.45, 2.75) is 45.4 Å². The zero-order valence-electron chi connectivity index (χ0n) is 11.7. The van der Waals surface area contributed by atoms with Gasteiger partial charge in [0.05, 0.1) is 0 Å². The SMILES string of the molecule is CCCCCCCC(=O)NNC(=O)c1ccc(Br)cc1. The lowest BCUT2D eigenvalue weighted by molar-refractivity contribution is -0.122. The van der Waals surface area contributed by atoms with Crippen LogP contribution in [0.15, 0.2) is 28.7 Å². The fraction of sp³-hybridized carbons (Fsp3) is 0.467. The van der Waals surface area contributed by atoms with Crippen molar-refractivity contribution in [2.24, 2.45) is 0 Å². The third kappa shape index (κ3) is 6.70. The highest BCUT2D eigenvalue weighted by Gasteiger charge is 2.06. The van der Waals surface area contributed by atoms with E-state index in [9.17, 15) is 9.59 Å². The van der Waals surface area contributed by atoms with E-state index in [2.05, 4.69) is 33.7 Å². The molecule has 0 aliphatic heterocycles. The number of unbranched alkanes of at least 4 members (excludes halogenated alkanes) is 4. The second kappa shape index (κ2) is 9.53. The number of hydrazine groups is 1. The van der Waals surface area contributed by atoms with Crippen LogP contribution in [0.3, 0.4) is 0 Å². The van der Waals surface area contributed by atoms with Crippen LogP contribution < -0.4 is 10.9 Å². The first kappa shape index (κ1) is 16.7. The molecule has 20 heavy (non-hydrogen) atoms. The molecular weight excluding hydrogens is 320 g/mol. The summed E-state index contributed by atoms with van der Waals surface area (Å²) in [6.45, 7) is 2.16. The van der Waals surface area contributed by atoms with Crippen molar-refractivity contribution >= 4 is 27.7 Å². The molecular formula is C15H21BrN2O2. The fourth-order valence-corrected chi connectivity index (χ4v) is 2.02. The molecule has 0 spiro atoms. The molecule has 0 aliphatic rings. The molecule has 0 atom stereocenters. The van der Waals surface area contributed by atoms with Gasteiger partial charge in [0, 0.05) is 16.5 Å². The monoisotopic (exact) mass is 340 g/mol. The molecule has 0 saturated heterocycles. The molecule has 0 bridgehead atoms. The standard InChI is InChI=1S/C15H21BrN2O2/c1-2-3-4-5-6-7-14(19)17-18-15(20)12-8-10-13(16)11-9-12/h8-11H,2-7H2,1H3,(H,17,19)(H,18,20). The molecule has 5 heteroatoms. The Balaban J connectivity index is 2.20. The molecule has 1 aromatic rings. The summed E-state index contributed by atoms with van der Waals surface area (Å²) in [6.07, 6.45) is 5.93. The van der Waals surface area contributed by atoms with Crippen molar-refractivity contribution in [3.63, 3.8) is 0 Å². The summed E-state index contributed by atoms with van der Waals surface area (Å²) in [5, 5.41) is 0. The lowest BCUT2D eigenvalue weighted by Crippen LogP contribution is -2.41. The number of halogens is 1. The summed E-state index contributed by atoms with van der Waals surface area (Å²) in [6, 6.07) is 6.95. The molecule has 0 heterocycles. The summed E-state index contributed by atoms with van der Waals surface area (Å²) < 4.78 is 0.908. The first-order chi connectivity index (χ1) is 9.63. The third-order valence-corrected chi connectivity index (χ3v) is 3.46. The molecule has 110 valence electrons. The number of nitrogens with one attached hydrogen (secondary N) is 2. The fourth-order valence-electron chi connectivity index (χ4n) is 1.75. The zero-order valence-corrected chi connectivity index (χ0v) is 13.3. The van der Waals surface area contributed by atoms with Crippen molar-refractivity contribution in [3.8, 4) is 0 Å². The van der Waals surface area contributed by atoms with Crippen LogP contribution in [0.25, 0.3) is 0 Å². The van der Waals surface area contributed by atoms with Crippen LogP contribution in [0.4, 0.5) is 0 Å². The van der Waals surface area contributed by atoms with Gasteiger partial charge in [-0.2, -0.15) is 0 Å². The average molecular weight is 341 g/mol. The molecule has 0 aromatic heterocycles.